The maximum atomic E-state index is 10.5. The van der Waals surface area contributed by atoms with Crippen LogP contribution >= 0.6 is 0 Å². The van der Waals surface area contributed by atoms with Crippen molar-refractivity contribution in [3.8, 4) is 23.1 Å². The van der Waals surface area contributed by atoms with Gasteiger partial charge in [-0.05, 0) is 35.2 Å². The van der Waals surface area contributed by atoms with Gasteiger partial charge in [-0.3, -0.25) is 0 Å². The van der Waals surface area contributed by atoms with E-state index < -0.39 is 0 Å². The Morgan fingerprint density at radius 2 is 1.74 bits per heavy atom. The number of hydrogen-bond acceptors (Lipinski definition) is 6. The standard InChI is InChI=1S/C34H27N5O3.Pt/c1-34(2,3)20-17-29(39(4)26-12-8-7-11-25(26)38-24-10-6-5-9-23(24)36-33(38)39)37-30(18-20)41-21-13-14-28-22(19-21)31-27(40)15-16-35-32(31)42-28;/h5-18H,1-4H3,(H,35,40);. The van der Waals surface area contributed by atoms with Crippen LogP contribution in [0.4, 0.5) is 17.5 Å². The van der Waals surface area contributed by atoms with Crippen molar-refractivity contribution >= 4 is 50.6 Å². The molecule has 0 saturated heterocycles. The molecule has 1 aliphatic heterocycles. The Morgan fingerprint density at radius 1 is 0.953 bits per heavy atom. The van der Waals surface area contributed by atoms with Crippen LogP contribution in [0.2, 0.25) is 0 Å². The molecule has 4 aromatic heterocycles. The van der Waals surface area contributed by atoms with Gasteiger partial charge in [-0.15, -0.1) is 0 Å². The molecule has 0 saturated carbocycles. The number of pyridine rings is 2. The summed E-state index contributed by atoms with van der Waals surface area (Å²) in [6.45, 7) is 6.53. The van der Waals surface area contributed by atoms with Gasteiger partial charge in [0.25, 0.3) is 0 Å². The van der Waals surface area contributed by atoms with Crippen molar-refractivity contribution in [1.29, 1.82) is 0 Å². The summed E-state index contributed by atoms with van der Waals surface area (Å²) in [4.78, 5) is 14.5. The van der Waals surface area contributed by atoms with Crippen LogP contribution < -0.4 is 9.22 Å². The molecule has 8 rings (SSSR count). The normalized spacial score (nSPS) is 15.9. The van der Waals surface area contributed by atoms with Gasteiger partial charge in [-0.2, -0.15) is 14.5 Å². The number of aromatic hydroxyl groups is 1. The van der Waals surface area contributed by atoms with E-state index in [9.17, 15) is 5.11 Å². The van der Waals surface area contributed by atoms with Gasteiger partial charge >= 0.3 is 5.95 Å². The van der Waals surface area contributed by atoms with Crippen LogP contribution in [0.15, 0.2) is 89.5 Å². The number of benzene rings is 3. The summed E-state index contributed by atoms with van der Waals surface area (Å²) in [5.74, 6) is 2.62. The van der Waals surface area contributed by atoms with E-state index in [-0.39, 0.29) is 36.7 Å². The maximum absolute atomic E-state index is 10.5. The molecule has 1 atom stereocenters. The van der Waals surface area contributed by atoms with E-state index >= 15 is 0 Å². The molecule has 1 N–H and O–H groups in total. The average Bonchev–Trinajstić information content (AvgIpc) is 3.62. The molecular weight excluding hydrogens is 721 g/mol. The fraction of sp³-hybridized carbons (Fsp3) is 0.147. The fourth-order valence-electron chi connectivity index (χ4n) is 5.88. The molecule has 1 unspecified atom stereocenters. The van der Waals surface area contributed by atoms with Crippen LogP contribution in [0.25, 0.3) is 38.8 Å². The Labute approximate surface area is 262 Å². The topological polar surface area (TPSA) is 86.2 Å². The van der Waals surface area contributed by atoms with Crippen molar-refractivity contribution in [2.24, 2.45) is 0 Å². The van der Waals surface area contributed by atoms with Crippen molar-refractivity contribution in [3.05, 3.63) is 96.7 Å². The van der Waals surface area contributed by atoms with Gasteiger partial charge in [0.05, 0.1) is 23.8 Å². The number of ether oxygens (including phenoxy) is 1. The van der Waals surface area contributed by atoms with Gasteiger partial charge < -0.3 is 14.3 Å². The third-order valence-corrected chi connectivity index (χ3v) is 8.11. The molecule has 0 amide bonds. The number of rotatable bonds is 3. The minimum absolute atomic E-state index is 0. The maximum Gasteiger partial charge on any atom is 0.326 e. The number of fused-ring (bicyclic) bond motifs is 8. The van der Waals surface area contributed by atoms with Crippen LogP contribution in [0.1, 0.15) is 26.3 Å². The zero-order chi connectivity index (χ0) is 28.8. The molecule has 43 heavy (non-hydrogen) atoms. The zero-order valence-corrected chi connectivity index (χ0v) is 26.2. The second-order valence-corrected chi connectivity index (χ2v) is 11.8. The van der Waals surface area contributed by atoms with Crippen molar-refractivity contribution in [2.45, 2.75) is 26.2 Å². The third-order valence-electron chi connectivity index (χ3n) is 8.11. The first-order valence-corrected chi connectivity index (χ1v) is 13.8. The predicted octanol–water partition coefficient (Wildman–Crippen LogP) is 8.22. The Balaban J connectivity index is 0.00000300. The number of imidazole rings is 1. The first-order chi connectivity index (χ1) is 20.2. The Morgan fingerprint density at radius 3 is 2.58 bits per heavy atom. The number of aromatic nitrogens is 4. The monoisotopic (exact) mass is 748 g/mol. The van der Waals surface area contributed by atoms with Crippen LogP contribution in [0.5, 0.6) is 17.4 Å². The van der Waals surface area contributed by atoms with Gasteiger partial charge in [0.15, 0.2) is 11.4 Å². The van der Waals surface area contributed by atoms with Gasteiger partial charge in [-0.25, -0.2) is 9.55 Å². The van der Waals surface area contributed by atoms with E-state index in [0.29, 0.717) is 33.7 Å². The molecule has 216 valence electrons. The van der Waals surface area contributed by atoms with Crippen molar-refractivity contribution < 1.29 is 35.3 Å². The molecule has 5 heterocycles. The van der Waals surface area contributed by atoms with Crippen LogP contribution in [0, 0.1) is 6.07 Å². The van der Waals surface area contributed by atoms with E-state index in [4.69, 9.17) is 19.1 Å². The summed E-state index contributed by atoms with van der Waals surface area (Å²) in [5, 5.41) is 11.6. The Kier molecular flexibility index (Phi) is 6.03. The summed E-state index contributed by atoms with van der Waals surface area (Å²) in [6, 6.07) is 29.1. The summed E-state index contributed by atoms with van der Waals surface area (Å²) < 4.78 is 14.7. The summed E-state index contributed by atoms with van der Waals surface area (Å²) in [5.41, 5.74) is 5.95. The molecular formula is C34H27N5O3Pt. The first-order valence-electron chi connectivity index (χ1n) is 13.8. The number of hydrogen-bond donors (Lipinski definition) is 1. The minimum Gasteiger partial charge on any atom is -0.517 e. The van der Waals surface area contributed by atoms with E-state index in [2.05, 4.69) is 79.8 Å². The SMILES string of the molecule is CC(C)(C)c1cc(Oc2[c-]c3c(cc2)oc2nccc(O)c23)nc([N+]2(C)c3ccccc3-n3c2nc2ccccc23)c1.[Pt]. The summed E-state index contributed by atoms with van der Waals surface area (Å²) in [6.07, 6.45) is 1.51. The fourth-order valence-corrected chi connectivity index (χ4v) is 5.88. The average molecular weight is 749 g/mol. The van der Waals surface area contributed by atoms with E-state index in [1.165, 1.54) is 12.3 Å². The zero-order valence-electron chi connectivity index (χ0n) is 23.9. The van der Waals surface area contributed by atoms with Gasteiger partial charge in [0.2, 0.25) is 11.7 Å². The van der Waals surface area contributed by atoms with Crippen LogP contribution in [-0.4, -0.2) is 31.7 Å². The largest absolute Gasteiger partial charge is 0.517 e. The van der Waals surface area contributed by atoms with Crippen molar-refractivity contribution in [2.75, 3.05) is 7.05 Å². The predicted molar refractivity (Wildman–Crippen MR) is 163 cm³/mol. The number of nitrogens with zero attached hydrogens (tertiary/aromatic N) is 5. The molecule has 7 aromatic rings. The molecule has 3 aromatic carbocycles. The Hall–Kier alpha value is -4.52. The quantitative estimate of drug-likeness (QED) is 0.145. The smallest absolute Gasteiger partial charge is 0.326 e. The molecule has 9 heteroatoms. The van der Waals surface area contributed by atoms with Crippen molar-refractivity contribution in [1.82, 2.24) is 24.0 Å². The minimum atomic E-state index is -0.180. The number of furan rings is 1. The second-order valence-electron chi connectivity index (χ2n) is 11.8. The molecule has 0 radical (unpaired) electrons. The number of quaternary nitrogens is 1. The summed E-state index contributed by atoms with van der Waals surface area (Å²) >= 11 is 0. The molecule has 0 aliphatic carbocycles. The molecule has 0 bridgehead atoms. The second kappa shape index (κ2) is 9.49. The van der Waals surface area contributed by atoms with E-state index in [1.54, 1.807) is 12.1 Å². The summed E-state index contributed by atoms with van der Waals surface area (Å²) in [7, 11) is 2.13. The van der Waals surface area contributed by atoms with Crippen LogP contribution in [-0.2, 0) is 26.5 Å². The molecule has 0 fully saturated rings. The molecule has 8 nitrogen and oxygen atoms in total. The van der Waals surface area contributed by atoms with Gasteiger partial charge in [0, 0.05) is 62.2 Å². The van der Waals surface area contributed by atoms with Gasteiger partial charge in [0.1, 0.15) is 5.69 Å². The third kappa shape index (κ3) is 4.01. The van der Waals surface area contributed by atoms with Crippen LogP contribution in [0.3, 0.4) is 0 Å². The molecule has 0 spiro atoms. The Bertz CT molecular complexity index is 2210. The first kappa shape index (κ1) is 27.3. The van der Waals surface area contributed by atoms with Crippen molar-refractivity contribution in [3.63, 3.8) is 0 Å². The van der Waals surface area contributed by atoms with E-state index in [0.717, 1.165) is 39.7 Å². The van der Waals surface area contributed by atoms with E-state index in [1.807, 2.05) is 24.3 Å². The van der Waals surface area contributed by atoms with Gasteiger partial charge in [-0.1, -0.05) is 68.6 Å². The molecule has 1 aliphatic rings. The number of para-hydroxylation sites is 4.